The third-order valence-corrected chi connectivity index (χ3v) is 4.78. The van der Waals surface area contributed by atoms with Crippen molar-refractivity contribution in [2.24, 2.45) is 0 Å². The van der Waals surface area contributed by atoms with Crippen molar-refractivity contribution in [2.45, 2.75) is 37.3 Å². The Morgan fingerprint density at radius 1 is 1.45 bits per heavy atom. The molecule has 0 bridgehead atoms. The van der Waals surface area contributed by atoms with Crippen LogP contribution in [0.4, 0.5) is 5.82 Å². The average Bonchev–Trinajstić information content (AvgIpc) is 2.53. The quantitative estimate of drug-likeness (QED) is 0.846. The van der Waals surface area contributed by atoms with Crippen LogP contribution < -0.4 is 10.7 Å². The predicted octanol–water partition coefficient (Wildman–Crippen LogP) is 1.32. The van der Waals surface area contributed by atoms with E-state index in [1.165, 1.54) is 17.8 Å². The van der Waals surface area contributed by atoms with Crippen LogP contribution in [0.2, 0.25) is 0 Å². The first-order valence-electron chi connectivity index (χ1n) is 7.15. The Morgan fingerprint density at radius 2 is 2.18 bits per heavy atom. The van der Waals surface area contributed by atoms with Crippen LogP contribution in [0.5, 0.6) is 0 Å². The second-order valence-electron chi connectivity index (χ2n) is 5.28. The van der Waals surface area contributed by atoms with Crippen LogP contribution in [-0.4, -0.2) is 29.1 Å². The van der Waals surface area contributed by atoms with E-state index in [1.54, 1.807) is 0 Å². The molecule has 0 spiro atoms. The van der Waals surface area contributed by atoms with Gasteiger partial charge in [-0.1, -0.05) is 11.8 Å². The molecule has 6 nitrogen and oxygen atoms in total. The lowest BCUT2D eigenvalue weighted by Crippen LogP contribution is -2.43. The van der Waals surface area contributed by atoms with Crippen molar-refractivity contribution in [2.75, 3.05) is 18.0 Å². The monoisotopic (exact) mass is 316 g/mol. The molecule has 0 aromatic carbocycles. The van der Waals surface area contributed by atoms with Crippen LogP contribution in [-0.2, 0) is 4.79 Å². The number of carbonyl (C=O) groups is 1. The highest BCUT2D eigenvalue weighted by Crippen LogP contribution is 2.23. The molecule has 2 rings (SSSR count). The van der Waals surface area contributed by atoms with Crippen molar-refractivity contribution >= 4 is 23.5 Å². The highest BCUT2D eigenvalue weighted by atomic mass is 32.2. The lowest BCUT2D eigenvalue weighted by molar-refractivity contribution is -0.410. The molecule has 7 heteroatoms. The molecule has 1 atom stereocenters. The molecule has 114 valence electrons. The zero-order valence-electron chi connectivity index (χ0n) is 12.4. The van der Waals surface area contributed by atoms with Crippen LogP contribution in [0.25, 0.3) is 0 Å². The molecule has 22 heavy (non-hydrogen) atoms. The number of nitrogens with one attached hydrogen (secondary N) is 1. The topological polar surface area (TPSA) is 108 Å². The summed E-state index contributed by atoms with van der Waals surface area (Å²) in [7, 11) is 0. The first kappa shape index (κ1) is 16.1. The first-order chi connectivity index (χ1) is 10.6. The Balaban J connectivity index is 2.08. The number of nitrogens with two attached hydrogens (primary N) is 1. The molecular formula is C15H18N5OS+. The van der Waals surface area contributed by atoms with Gasteiger partial charge >= 0.3 is 0 Å². The summed E-state index contributed by atoms with van der Waals surface area (Å²) in [6.45, 7) is 2.86. The van der Waals surface area contributed by atoms with Gasteiger partial charge in [-0.25, -0.2) is 4.98 Å². The number of anilines is 1. The summed E-state index contributed by atoms with van der Waals surface area (Å²) in [5.41, 5.74) is 6.29. The number of aromatic amines is 1. The zero-order chi connectivity index (χ0) is 16.1. The fourth-order valence-electron chi connectivity index (χ4n) is 2.52. The standard InChI is InChI=1S/C15H17N5OS/c1-10-4-2-3-5-20(10)13(21)9-22-15-12(8-17)6-11(7-16)14(18)19-15/h6,10H,2-5,9H2,1H3,(H2,18,19)/p+1/t10-/m1/s1. The minimum absolute atomic E-state index is 0.0671. The number of rotatable bonds is 3. The molecule has 1 aromatic rings. The van der Waals surface area contributed by atoms with E-state index in [1.807, 2.05) is 17.0 Å². The van der Waals surface area contributed by atoms with E-state index in [2.05, 4.69) is 11.9 Å². The number of nitrogens with zero attached hydrogens (tertiary/aromatic N) is 3. The Kier molecular flexibility index (Phi) is 5.24. The summed E-state index contributed by atoms with van der Waals surface area (Å²) in [6, 6.07) is 5.67. The molecule has 0 radical (unpaired) electrons. The largest absolute Gasteiger partial charge is 0.339 e. The summed E-state index contributed by atoms with van der Waals surface area (Å²) in [4.78, 5) is 17.1. The zero-order valence-corrected chi connectivity index (χ0v) is 13.2. The lowest BCUT2D eigenvalue weighted by atomic mass is 10.0. The first-order valence-corrected chi connectivity index (χ1v) is 8.13. The number of hydrogen-bond acceptors (Lipinski definition) is 5. The smallest absolute Gasteiger partial charge is 0.289 e. The number of H-pyrrole nitrogens is 1. The number of hydrogen-bond donors (Lipinski definition) is 1. The maximum Gasteiger partial charge on any atom is 0.289 e. The minimum atomic E-state index is 0.0671. The van der Waals surface area contributed by atoms with E-state index < -0.39 is 0 Å². The van der Waals surface area contributed by atoms with Gasteiger partial charge in [0, 0.05) is 12.6 Å². The number of nitriles is 2. The maximum atomic E-state index is 12.3. The second-order valence-corrected chi connectivity index (χ2v) is 6.27. The lowest BCUT2D eigenvalue weighted by Gasteiger charge is -2.33. The molecule has 2 heterocycles. The molecule has 1 aromatic heterocycles. The summed E-state index contributed by atoms with van der Waals surface area (Å²) in [5.74, 6) is 0.529. The third kappa shape index (κ3) is 3.49. The van der Waals surface area contributed by atoms with Gasteiger partial charge in [0.15, 0.2) is 5.03 Å². The molecule has 0 saturated carbocycles. The fraction of sp³-hybridized carbons (Fsp3) is 0.467. The van der Waals surface area contributed by atoms with E-state index >= 15 is 0 Å². The van der Waals surface area contributed by atoms with Gasteiger partial charge in [-0.3, -0.25) is 10.5 Å². The number of carbonyl (C=O) groups excluding carboxylic acids is 1. The van der Waals surface area contributed by atoms with Gasteiger partial charge in [-0.15, -0.1) is 0 Å². The Labute approximate surface area is 133 Å². The Morgan fingerprint density at radius 3 is 2.82 bits per heavy atom. The third-order valence-electron chi connectivity index (χ3n) is 3.78. The van der Waals surface area contributed by atoms with Crippen LogP contribution in [0, 0.1) is 22.7 Å². The van der Waals surface area contributed by atoms with Gasteiger partial charge in [-0.05, 0) is 32.3 Å². The molecular weight excluding hydrogens is 298 g/mol. The van der Waals surface area contributed by atoms with E-state index in [4.69, 9.17) is 16.3 Å². The van der Waals surface area contributed by atoms with Crippen LogP contribution >= 0.6 is 11.8 Å². The summed E-state index contributed by atoms with van der Waals surface area (Å²) in [6.07, 6.45) is 3.24. The molecule has 0 aliphatic carbocycles. The van der Waals surface area contributed by atoms with E-state index in [-0.39, 0.29) is 29.1 Å². The second kappa shape index (κ2) is 7.15. The van der Waals surface area contributed by atoms with Crippen molar-refractivity contribution in [1.82, 2.24) is 4.90 Å². The van der Waals surface area contributed by atoms with E-state index in [0.29, 0.717) is 10.6 Å². The molecule has 1 aliphatic heterocycles. The minimum Gasteiger partial charge on any atom is -0.339 e. The molecule has 3 N–H and O–H groups in total. The van der Waals surface area contributed by atoms with Crippen LogP contribution in [0.3, 0.4) is 0 Å². The summed E-state index contributed by atoms with van der Waals surface area (Å²) < 4.78 is 0. The number of likely N-dealkylation sites (tertiary alicyclic amines) is 1. The van der Waals surface area contributed by atoms with Gasteiger partial charge in [0.1, 0.15) is 23.3 Å². The Bertz CT molecular complexity index is 661. The van der Waals surface area contributed by atoms with Crippen molar-refractivity contribution < 1.29 is 9.78 Å². The normalized spacial score (nSPS) is 17.6. The molecule has 1 fully saturated rings. The van der Waals surface area contributed by atoms with Crippen LogP contribution in [0.15, 0.2) is 11.1 Å². The summed E-state index contributed by atoms with van der Waals surface area (Å²) >= 11 is 1.25. The number of aromatic nitrogens is 1. The number of piperidine rings is 1. The van der Waals surface area contributed by atoms with Gasteiger partial charge in [-0.2, -0.15) is 10.5 Å². The number of nitrogen functional groups attached to an aromatic ring is 1. The van der Waals surface area contributed by atoms with Gasteiger partial charge in [0.2, 0.25) is 5.91 Å². The van der Waals surface area contributed by atoms with Gasteiger partial charge < -0.3 is 4.90 Å². The predicted molar refractivity (Wildman–Crippen MR) is 82.6 cm³/mol. The fourth-order valence-corrected chi connectivity index (χ4v) is 3.40. The molecule has 1 aliphatic rings. The Hall–Kier alpha value is -2.25. The SMILES string of the molecule is C[C@@H]1CCCCN1C(=O)CSc1[nH+]c(N)c(C#N)cc1C#N. The van der Waals surface area contributed by atoms with E-state index in [9.17, 15) is 4.79 Å². The number of pyridine rings is 1. The number of thioether (sulfide) groups is 1. The molecule has 0 unspecified atom stereocenters. The number of amides is 1. The van der Waals surface area contributed by atoms with Crippen molar-refractivity contribution in [3.8, 4) is 12.1 Å². The van der Waals surface area contributed by atoms with Crippen molar-refractivity contribution in [1.29, 1.82) is 10.5 Å². The van der Waals surface area contributed by atoms with Gasteiger partial charge in [0.25, 0.3) is 5.82 Å². The molecule has 1 amide bonds. The highest BCUT2D eigenvalue weighted by Gasteiger charge is 2.24. The summed E-state index contributed by atoms with van der Waals surface area (Å²) in [5, 5.41) is 18.6. The van der Waals surface area contributed by atoms with Crippen LogP contribution in [0.1, 0.15) is 37.3 Å². The highest BCUT2D eigenvalue weighted by molar-refractivity contribution is 7.99. The van der Waals surface area contributed by atoms with E-state index in [0.717, 1.165) is 25.8 Å². The maximum absolute atomic E-state index is 12.3. The molecule has 1 saturated heterocycles. The van der Waals surface area contributed by atoms with Crippen molar-refractivity contribution in [3.05, 3.63) is 17.2 Å². The van der Waals surface area contributed by atoms with Gasteiger partial charge in [0.05, 0.1) is 5.75 Å². The van der Waals surface area contributed by atoms with Crippen molar-refractivity contribution in [3.63, 3.8) is 0 Å². The average molecular weight is 316 g/mol.